The summed E-state index contributed by atoms with van der Waals surface area (Å²) in [5, 5.41) is 29.8. The van der Waals surface area contributed by atoms with Crippen LogP contribution in [0.1, 0.15) is 10.4 Å². The summed E-state index contributed by atoms with van der Waals surface area (Å²) < 4.78 is 28.2. The van der Waals surface area contributed by atoms with Gasteiger partial charge in [-0.05, 0) is 6.07 Å². The van der Waals surface area contributed by atoms with E-state index in [2.05, 4.69) is 10.2 Å². The Bertz CT molecular complexity index is 833. The Kier molecular flexibility index (Phi) is 3.32. The van der Waals surface area contributed by atoms with Crippen molar-refractivity contribution in [2.75, 3.05) is 13.1 Å². The first kappa shape index (κ1) is 14.7. The predicted octanol–water partition coefficient (Wildman–Crippen LogP) is 1.54. The largest absolute Gasteiger partial charge is 0.711 e. The van der Waals surface area contributed by atoms with Gasteiger partial charge in [-0.1, -0.05) is 0 Å². The average Bonchev–Trinajstić information content (AvgIpc) is 2.95. The van der Waals surface area contributed by atoms with Gasteiger partial charge in [0.05, 0.1) is 4.92 Å². The molecule has 0 radical (unpaired) electrons. The van der Waals surface area contributed by atoms with E-state index in [0.29, 0.717) is 16.9 Å². The van der Waals surface area contributed by atoms with Gasteiger partial charge in [-0.2, -0.15) is 19.5 Å². The molecule has 0 aliphatic carbocycles. The summed E-state index contributed by atoms with van der Waals surface area (Å²) in [6, 6.07) is 1.24. The number of hydrogen-bond donors (Lipinski definition) is 0. The number of hydrogen-bond acceptors (Lipinski definition) is 6. The van der Waals surface area contributed by atoms with E-state index in [9.17, 15) is 28.9 Å². The van der Waals surface area contributed by atoms with E-state index in [1.165, 1.54) is 0 Å². The number of amides is 1. The van der Waals surface area contributed by atoms with Gasteiger partial charge in [-0.15, -0.1) is 0 Å². The van der Waals surface area contributed by atoms with Crippen LogP contribution in [0, 0.1) is 27.0 Å². The topological polar surface area (TPSA) is 114 Å². The maximum absolute atomic E-state index is 14.1. The second kappa shape index (κ2) is 5.19. The Morgan fingerprint density at radius 1 is 1.39 bits per heavy atom. The highest BCUT2D eigenvalue weighted by atomic mass is 19.1. The smallest absolute Gasteiger partial charge is 0.347 e. The molecule has 2 aliphatic rings. The number of hydroxylamine groups is 1. The Morgan fingerprint density at radius 3 is 2.83 bits per heavy atom. The molecule has 0 atom stereocenters. The summed E-state index contributed by atoms with van der Waals surface area (Å²) in [4.78, 5) is 22.6. The molecule has 2 heterocycles. The van der Waals surface area contributed by atoms with E-state index in [1.54, 1.807) is 0 Å². The lowest BCUT2D eigenvalue weighted by Crippen LogP contribution is -2.38. The second-order valence-corrected chi connectivity index (χ2v) is 4.68. The molecule has 0 saturated carbocycles. The number of carbonyl (C=O) groups excluding carboxylic acids is 1. The first-order chi connectivity index (χ1) is 10.9. The zero-order valence-electron chi connectivity index (χ0n) is 11.3. The van der Waals surface area contributed by atoms with E-state index in [0.717, 1.165) is 11.2 Å². The fourth-order valence-corrected chi connectivity index (χ4v) is 2.20. The summed E-state index contributed by atoms with van der Waals surface area (Å²) in [6.07, 6.45) is 0.801. The van der Waals surface area contributed by atoms with Crippen LogP contribution < -0.4 is 0 Å². The number of benzene rings is 1. The number of nitro groups is 1. The first-order valence-corrected chi connectivity index (χ1v) is 6.24. The Balaban J connectivity index is 2.01. The molecule has 0 N–H and O–H groups in total. The molecular formula is C12H7F2N5O4. The Hall–Kier alpha value is -3.24. The first-order valence-electron chi connectivity index (χ1n) is 6.24. The third kappa shape index (κ3) is 2.31. The summed E-state index contributed by atoms with van der Waals surface area (Å²) in [5.41, 5.74) is -1.72. The minimum atomic E-state index is -1.60. The number of nitro benzene ring substituents is 1. The van der Waals surface area contributed by atoms with Crippen molar-refractivity contribution in [2.24, 2.45) is 10.2 Å². The van der Waals surface area contributed by atoms with Crippen LogP contribution in [0.15, 0.2) is 33.8 Å². The molecule has 1 aromatic carbocycles. The third-order valence-corrected chi connectivity index (χ3v) is 3.32. The van der Waals surface area contributed by atoms with Crippen LogP contribution in [0.3, 0.4) is 0 Å². The van der Waals surface area contributed by atoms with Crippen LogP contribution >= 0.6 is 0 Å². The highest BCUT2D eigenvalue weighted by molar-refractivity contribution is 6.01. The molecular weight excluding hydrogens is 316 g/mol. The fraction of sp³-hybridized carbons (Fsp3) is 0.167. The van der Waals surface area contributed by atoms with E-state index >= 15 is 0 Å². The quantitative estimate of drug-likeness (QED) is 0.355. The van der Waals surface area contributed by atoms with E-state index < -0.39 is 33.7 Å². The lowest BCUT2D eigenvalue weighted by molar-refractivity contribution is -0.404. The van der Waals surface area contributed by atoms with Gasteiger partial charge in [0.25, 0.3) is 0 Å². The number of halogens is 2. The van der Waals surface area contributed by atoms with Crippen LogP contribution in [0.4, 0.5) is 14.5 Å². The summed E-state index contributed by atoms with van der Waals surface area (Å²) in [5.74, 6) is -4.09. The summed E-state index contributed by atoms with van der Waals surface area (Å²) in [6.45, 7) is -0.158. The van der Waals surface area contributed by atoms with Gasteiger partial charge < -0.3 is 5.21 Å². The van der Waals surface area contributed by atoms with Gasteiger partial charge >= 0.3 is 11.6 Å². The number of nitrogens with zero attached hydrogens (tertiary/aromatic N) is 5. The highest BCUT2D eigenvalue weighted by Crippen LogP contribution is 2.26. The predicted molar refractivity (Wildman–Crippen MR) is 70.5 cm³/mol. The molecule has 1 aromatic rings. The van der Waals surface area contributed by atoms with E-state index in [-0.39, 0.29) is 24.5 Å². The van der Waals surface area contributed by atoms with Gasteiger partial charge in [0.1, 0.15) is 30.2 Å². The molecule has 9 nitrogen and oxygen atoms in total. The Morgan fingerprint density at radius 2 is 2.13 bits per heavy atom. The van der Waals surface area contributed by atoms with Crippen molar-refractivity contribution < 1.29 is 23.2 Å². The molecule has 0 fully saturated rings. The van der Waals surface area contributed by atoms with Crippen molar-refractivity contribution in [1.29, 1.82) is 0 Å². The molecule has 11 heteroatoms. The van der Waals surface area contributed by atoms with Crippen molar-refractivity contribution in [3.05, 3.63) is 56.0 Å². The monoisotopic (exact) mass is 323 g/mol. The van der Waals surface area contributed by atoms with Crippen molar-refractivity contribution in [3.63, 3.8) is 0 Å². The molecule has 3 rings (SSSR count). The summed E-state index contributed by atoms with van der Waals surface area (Å²) in [7, 11) is 0. The van der Waals surface area contributed by atoms with Gasteiger partial charge in [0.15, 0.2) is 5.70 Å². The van der Waals surface area contributed by atoms with Gasteiger partial charge in [-0.25, -0.2) is 13.9 Å². The highest BCUT2D eigenvalue weighted by Gasteiger charge is 2.36. The molecule has 0 spiro atoms. The molecule has 0 saturated heterocycles. The maximum atomic E-state index is 14.1. The summed E-state index contributed by atoms with van der Waals surface area (Å²) >= 11 is 0. The van der Waals surface area contributed by atoms with E-state index in [1.807, 2.05) is 0 Å². The van der Waals surface area contributed by atoms with Gasteiger partial charge in [0.2, 0.25) is 12.2 Å². The number of azo groups is 1. The third-order valence-electron chi connectivity index (χ3n) is 3.32. The lowest BCUT2D eigenvalue weighted by Gasteiger charge is -2.20. The molecule has 2 aliphatic heterocycles. The SMILES string of the molecule is O=C(c1c(F)ccc([N+](=O)[O-])c1F)N1C=[N+]([O-])C2=C(C1)N=NC2. The van der Waals surface area contributed by atoms with Crippen LogP contribution in [0.25, 0.3) is 0 Å². The molecule has 23 heavy (non-hydrogen) atoms. The number of rotatable bonds is 2. The van der Waals surface area contributed by atoms with Crippen LogP contribution in [-0.4, -0.2) is 39.9 Å². The zero-order chi connectivity index (χ0) is 16.7. The van der Waals surface area contributed by atoms with Gasteiger partial charge in [-0.3, -0.25) is 10.1 Å². The minimum absolute atomic E-state index is 0.0525. The second-order valence-electron chi connectivity index (χ2n) is 4.68. The number of carbonyl (C=O) groups is 1. The van der Waals surface area contributed by atoms with Crippen molar-refractivity contribution in [3.8, 4) is 0 Å². The zero-order valence-corrected chi connectivity index (χ0v) is 11.3. The van der Waals surface area contributed by atoms with Crippen LogP contribution in [-0.2, 0) is 0 Å². The van der Waals surface area contributed by atoms with Crippen molar-refractivity contribution >= 4 is 17.9 Å². The minimum Gasteiger partial charge on any atom is -0.711 e. The Labute approximate surface area is 126 Å². The fourth-order valence-electron chi connectivity index (χ4n) is 2.20. The molecule has 0 unspecified atom stereocenters. The van der Waals surface area contributed by atoms with Crippen LogP contribution in [0.2, 0.25) is 0 Å². The lowest BCUT2D eigenvalue weighted by atomic mass is 10.1. The molecule has 0 bridgehead atoms. The molecule has 1 amide bonds. The maximum Gasteiger partial charge on any atom is 0.347 e. The molecule has 0 aromatic heterocycles. The van der Waals surface area contributed by atoms with Crippen LogP contribution in [0.5, 0.6) is 0 Å². The normalized spacial score (nSPS) is 16.4. The van der Waals surface area contributed by atoms with Crippen molar-refractivity contribution in [2.45, 2.75) is 0 Å². The van der Waals surface area contributed by atoms with Crippen molar-refractivity contribution in [1.82, 2.24) is 4.90 Å². The van der Waals surface area contributed by atoms with Gasteiger partial charge in [0, 0.05) is 6.07 Å². The average molecular weight is 323 g/mol. The standard InChI is InChI=1S/C12H7F2N5O4/c13-6-1-2-8(19(22)23)11(14)10(6)12(20)17-4-7-9(3-15-16-7)18(21)5-17/h1-2,5H,3-4H2. The van der Waals surface area contributed by atoms with E-state index in [4.69, 9.17) is 0 Å². The molecule has 118 valence electrons.